The normalized spacial score (nSPS) is 14.2. The van der Waals surface area contributed by atoms with Crippen molar-refractivity contribution in [1.82, 2.24) is 9.78 Å². The summed E-state index contributed by atoms with van der Waals surface area (Å²) < 4.78 is 1.96. The van der Waals surface area contributed by atoms with Crippen molar-refractivity contribution in [3.8, 4) is 11.1 Å². The van der Waals surface area contributed by atoms with E-state index in [1.807, 2.05) is 10.9 Å². The first-order chi connectivity index (χ1) is 8.36. The van der Waals surface area contributed by atoms with Crippen LogP contribution in [0.15, 0.2) is 30.6 Å². The fraction of sp³-hybridized carbons (Fsp3) is 0.357. The third-order valence-electron chi connectivity index (χ3n) is 3.34. The zero-order valence-electron chi connectivity index (χ0n) is 10.1. The quantitative estimate of drug-likeness (QED) is 0.855. The SMILES string of the molecule is CCn1cc(-c2ccc3c(c2)NCCC3)cn1. The minimum absolute atomic E-state index is 0.920. The average molecular weight is 227 g/mol. The van der Waals surface area contributed by atoms with Gasteiger partial charge in [0.2, 0.25) is 0 Å². The number of nitrogens with one attached hydrogen (secondary N) is 1. The molecule has 0 bridgehead atoms. The molecule has 0 unspecified atom stereocenters. The Morgan fingerprint density at radius 2 is 2.29 bits per heavy atom. The molecule has 1 aromatic carbocycles. The summed E-state index contributed by atoms with van der Waals surface area (Å²) in [6, 6.07) is 6.68. The lowest BCUT2D eigenvalue weighted by Gasteiger charge is -2.18. The summed E-state index contributed by atoms with van der Waals surface area (Å²) in [6.07, 6.45) is 6.47. The van der Waals surface area contributed by atoms with Gasteiger partial charge < -0.3 is 5.32 Å². The number of anilines is 1. The Bertz CT molecular complexity index is 528. The van der Waals surface area contributed by atoms with E-state index in [2.05, 4.69) is 41.7 Å². The number of fused-ring (bicyclic) bond motifs is 1. The highest BCUT2D eigenvalue weighted by Crippen LogP contribution is 2.28. The maximum Gasteiger partial charge on any atom is 0.0568 e. The first-order valence-corrected chi connectivity index (χ1v) is 6.26. The van der Waals surface area contributed by atoms with Crippen molar-refractivity contribution in [3.05, 3.63) is 36.2 Å². The predicted octanol–water partition coefficient (Wildman–Crippen LogP) is 2.93. The van der Waals surface area contributed by atoms with Gasteiger partial charge in [0.15, 0.2) is 0 Å². The molecular weight excluding hydrogens is 210 g/mol. The van der Waals surface area contributed by atoms with Gasteiger partial charge in [-0.3, -0.25) is 4.68 Å². The van der Waals surface area contributed by atoms with Crippen molar-refractivity contribution in [3.63, 3.8) is 0 Å². The molecule has 17 heavy (non-hydrogen) atoms. The van der Waals surface area contributed by atoms with Crippen LogP contribution in [0, 0.1) is 0 Å². The van der Waals surface area contributed by atoms with Crippen molar-refractivity contribution < 1.29 is 0 Å². The minimum atomic E-state index is 0.920. The highest BCUT2D eigenvalue weighted by Gasteiger charge is 2.10. The predicted molar refractivity (Wildman–Crippen MR) is 70.1 cm³/mol. The Labute approximate surface area is 101 Å². The maximum atomic E-state index is 4.32. The fourth-order valence-electron chi connectivity index (χ4n) is 2.33. The largest absolute Gasteiger partial charge is 0.385 e. The van der Waals surface area contributed by atoms with E-state index in [-0.39, 0.29) is 0 Å². The van der Waals surface area contributed by atoms with Gasteiger partial charge in [0.05, 0.1) is 6.20 Å². The molecule has 0 aliphatic carbocycles. The van der Waals surface area contributed by atoms with E-state index < -0.39 is 0 Å². The Morgan fingerprint density at radius 1 is 1.35 bits per heavy atom. The van der Waals surface area contributed by atoms with Gasteiger partial charge in [0, 0.05) is 30.5 Å². The fourth-order valence-corrected chi connectivity index (χ4v) is 2.33. The van der Waals surface area contributed by atoms with Gasteiger partial charge in [-0.2, -0.15) is 5.10 Å². The average Bonchev–Trinajstić information content (AvgIpc) is 2.87. The summed E-state index contributed by atoms with van der Waals surface area (Å²) in [4.78, 5) is 0. The van der Waals surface area contributed by atoms with E-state index in [1.54, 1.807) is 0 Å². The Balaban J connectivity index is 1.97. The smallest absolute Gasteiger partial charge is 0.0568 e. The third kappa shape index (κ3) is 1.93. The van der Waals surface area contributed by atoms with E-state index >= 15 is 0 Å². The molecular formula is C14H17N3. The lowest BCUT2D eigenvalue weighted by Crippen LogP contribution is -2.11. The highest BCUT2D eigenvalue weighted by molar-refractivity contribution is 5.69. The van der Waals surface area contributed by atoms with Crippen LogP contribution < -0.4 is 5.32 Å². The van der Waals surface area contributed by atoms with Gasteiger partial charge in [-0.15, -0.1) is 0 Å². The lowest BCUT2D eigenvalue weighted by atomic mass is 9.99. The summed E-state index contributed by atoms with van der Waals surface area (Å²) in [5.74, 6) is 0. The number of hydrogen-bond acceptors (Lipinski definition) is 2. The highest BCUT2D eigenvalue weighted by atomic mass is 15.3. The lowest BCUT2D eigenvalue weighted by molar-refractivity contribution is 0.660. The zero-order chi connectivity index (χ0) is 11.7. The summed E-state index contributed by atoms with van der Waals surface area (Å²) in [7, 11) is 0. The zero-order valence-corrected chi connectivity index (χ0v) is 10.1. The molecule has 1 N–H and O–H groups in total. The molecule has 0 amide bonds. The van der Waals surface area contributed by atoms with Crippen LogP contribution in [0.4, 0.5) is 5.69 Å². The molecule has 0 fully saturated rings. The topological polar surface area (TPSA) is 29.9 Å². The molecule has 1 aliphatic heterocycles. The van der Waals surface area contributed by atoms with Crippen LogP contribution >= 0.6 is 0 Å². The molecule has 1 aromatic heterocycles. The molecule has 3 heteroatoms. The molecule has 0 saturated carbocycles. The number of aryl methyl sites for hydroxylation is 2. The molecule has 3 nitrogen and oxygen atoms in total. The molecule has 2 aromatic rings. The molecule has 3 rings (SSSR count). The van der Waals surface area contributed by atoms with E-state index in [0.717, 1.165) is 13.1 Å². The molecule has 0 spiro atoms. The van der Waals surface area contributed by atoms with Crippen molar-refractivity contribution in [2.75, 3.05) is 11.9 Å². The Kier molecular flexibility index (Phi) is 2.59. The molecule has 88 valence electrons. The number of hydrogen-bond donors (Lipinski definition) is 1. The summed E-state index contributed by atoms with van der Waals surface area (Å²) in [6.45, 7) is 4.11. The Morgan fingerprint density at radius 3 is 3.12 bits per heavy atom. The van der Waals surface area contributed by atoms with Crippen LogP contribution in [-0.2, 0) is 13.0 Å². The van der Waals surface area contributed by atoms with Crippen LogP contribution in [0.25, 0.3) is 11.1 Å². The monoisotopic (exact) mass is 227 g/mol. The van der Waals surface area contributed by atoms with Crippen molar-refractivity contribution in [2.24, 2.45) is 0 Å². The van der Waals surface area contributed by atoms with Crippen molar-refractivity contribution in [2.45, 2.75) is 26.3 Å². The number of rotatable bonds is 2. The van der Waals surface area contributed by atoms with Gasteiger partial charge in [0.1, 0.15) is 0 Å². The van der Waals surface area contributed by atoms with E-state index in [4.69, 9.17) is 0 Å². The Hall–Kier alpha value is -1.77. The van der Waals surface area contributed by atoms with Gasteiger partial charge in [-0.05, 0) is 37.0 Å². The van der Waals surface area contributed by atoms with Gasteiger partial charge in [-0.25, -0.2) is 0 Å². The van der Waals surface area contributed by atoms with Crippen LogP contribution in [0.5, 0.6) is 0 Å². The second-order valence-corrected chi connectivity index (χ2v) is 4.49. The molecule has 1 aliphatic rings. The van der Waals surface area contributed by atoms with E-state index in [1.165, 1.54) is 35.2 Å². The number of aromatic nitrogens is 2. The van der Waals surface area contributed by atoms with Gasteiger partial charge in [-0.1, -0.05) is 12.1 Å². The standard InChI is InChI=1S/C14H17N3/c1-2-17-10-13(9-16-17)12-6-5-11-4-3-7-15-14(11)8-12/h5-6,8-10,15H,2-4,7H2,1H3. The van der Waals surface area contributed by atoms with Crippen LogP contribution in [0.1, 0.15) is 18.9 Å². The first kappa shape index (κ1) is 10.4. The van der Waals surface area contributed by atoms with Crippen LogP contribution in [-0.4, -0.2) is 16.3 Å². The van der Waals surface area contributed by atoms with E-state index in [9.17, 15) is 0 Å². The minimum Gasteiger partial charge on any atom is -0.385 e. The number of benzene rings is 1. The molecule has 2 heterocycles. The summed E-state index contributed by atoms with van der Waals surface area (Å²) >= 11 is 0. The molecule has 0 radical (unpaired) electrons. The second-order valence-electron chi connectivity index (χ2n) is 4.49. The second kappa shape index (κ2) is 4.24. The van der Waals surface area contributed by atoms with Crippen LogP contribution in [0.3, 0.4) is 0 Å². The number of nitrogens with zero attached hydrogens (tertiary/aromatic N) is 2. The summed E-state index contributed by atoms with van der Waals surface area (Å²) in [5, 5.41) is 7.79. The van der Waals surface area contributed by atoms with E-state index in [0.29, 0.717) is 0 Å². The van der Waals surface area contributed by atoms with Gasteiger partial charge in [0.25, 0.3) is 0 Å². The van der Waals surface area contributed by atoms with Crippen LogP contribution in [0.2, 0.25) is 0 Å². The van der Waals surface area contributed by atoms with Crippen molar-refractivity contribution >= 4 is 5.69 Å². The van der Waals surface area contributed by atoms with Gasteiger partial charge >= 0.3 is 0 Å². The molecule has 0 saturated heterocycles. The molecule has 0 atom stereocenters. The first-order valence-electron chi connectivity index (χ1n) is 6.26. The van der Waals surface area contributed by atoms with Crippen molar-refractivity contribution in [1.29, 1.82) is 0 Å². The summed E-state index contributed by atoms with van der Waals surface area (Å²) in [5.41, 5.74) is 5.17. The third-order valence-corrected chi connectivity index (χ3v) is 3.34. The maximum absolute atomic E-state index is 4.32.